The van der Waals surface area contributed by atoms with Gasteiger partial charge in [0.25, 0.3) is 0 Å². The average Bonchev–Trinajstić information content (AvgIpc) is 3.18. The lowest BCUT2D eigenvalue weighted by molar-refractivity contribution is 0.0668. The van der Waals surface area contributed by atoms with E-state index in [9.17, 15) is 5.11 Å². The van der Waals surface area contributed by atoms with Crippen molar-refractivity contribution in [2.24, 2.45) is 0 Å². The van der Waals surface area contributed by atoms with Crippen molar-refractivity contribution < 1.29 is 5.11 Å². The number of aromatic amines is 1. The third-order valence-electron chi connectivity index (χ3n) is 6.07. The zero-order valence-corrected chi connectivity index (χ0v) is 17.3. The van der Waals surface area contributed by atoms with Gasteiger partial charge in [-0.2, -0.15) is 0 Å². The first-order chi connectivity index (χ1) is 14.7. The number of rotatable bonds is 4. The molecule has 4 nitrogen and oxygen atoms in total. The first-order valence-corrected chi connectivity index (χ1v) is 10.7. The molecular formula is C26H27N3O. The molecule has 4 heteroatoms. The molecule has 0 radical (unpaired) electrons. The Morgan fingerprint density at radius 2 is 1.80 bits per heavy atom. The molecule has 0 amide bonds. The summed E-state index contributed by atoms with van der Waals surface area (Å²) >= 11 is 0. The molecule has 0 spiro atoms. The van der Waals surface area contributed by atoms with E-state index in [0.717, 1.165) is 49.1 Å². The predicted octanol–water partition coefficient (Wildman–Crippen LogP) is 5.16. The molecule has 1 aliphatic heterocycles. The van der Waals surface area contributed by atoms with E-state index >= 15 is 0 Å². The number of nitrogens with one attached hydrogen (secondary N) is 1. The van der Waals surface area contributed by atoms with Crippen LogP contribution < -0.4 is 0 Å². The van der Waals surface area contributed by atoms with Crippen molar-refractivity contribution in [3.63, 3.8) is 0 Å². The zero-order chi connectivity index (χ0) is 20.5. The summed E-state index contributed by atoms with van der Waals surface area (Å²) in [7, 11) is 0. The summed E-state index contributed by atoms with van der Waals surface area (Å²) in [6.45, 7) is 4.84. The molecule has 2 aromatic heterocycles. The van der Waals surface area contributed by atoms with E-state index in [0.29, 0.717) is 0 Å². The number of piperidine rings is 1. The number of hydrogen-bond donors (Lipinski definition) is 2. The van der Waals surface area contributed by atoms with E-state index in [1.165, 1.54) is 27.8 Å². The molecule has 0 bridgehead atoms. The van der Waals surface area contributed by atoms with Gasteiger partial charge in [0.1, 0.15) is 5.65 Å². The molecule has 5 rings (SSSR count). The Labute approximate surface area is 177 Å². The van der Waals surface area contributed by atoms with Crippen LogP contribution in [0.2, 0.25) is 0 Å². The van der Waals surface area contributed by atoms with Gasteiger partial charge in [0.2, 0.25) is 0 Å². The van der Waals surface area contributed by atoms with Gasteiger partial charge in [-0.3, -0.25) is 4.90 Å². The fourth-order valence-corrected chi connectivity index (χ4v) is 4.37. The van der Waals surface area contributed by atoms with E-state index in [2.05, 4.69) is 76.4 Å². The highest BCUT2D eigenvalue weighted by molar-refractivity contribution is 5.95. The number of fused-ring (bicyclic) bond motifs is 1. The van der Waals surface area contributed by atoms with Gasteiger partial charge in [0.05, 0.1) is 6.10 Å². The van der Waals surface area contributed by atoms with Crippen molar-refractivity contribution in [1.82, 2.24) is 14.9 Å². The minimum Gasteiger partial charge on any atom is -0.392 e. The topological polar surface area (TPSA) is 52.2 Å². The monoisotopic (exact) mass is 397 g/mol. The Balaban J connectivity index is 1.40. The minimum absolute atomic E-state index is 0.181. The number of pyridine rings is 1. The molecule has 0 aliphatic carbocycles. The van der Waals surface area contributed by atoms with Crippen LogP contribution in [0.15, 0.2) is 67.0 Å². The molecule has 2 N–H and O–H groups in total. The number of β-amino-alcohol motifs (C(OH)–C–C–N with tert-alkyl or cyclic N) is 1. The van der Waals surface area contributed by atoms with E-state index in [1.54, 1.807) is 0 Å². The van der Waals surface area contributed by atoms with E-state index in [-0.39, 0.29) is 6.10 Å². The quantitative estimate of drug-likeness (QED) is 0.500. The Kier molecular flexibility index (Phi) is 5.11. The number of likely N-dealkylation sites (tertiary alicyclic amines) is 1. The standard InChI is InChI=1S/C26H27N3O/c1-18-4-8-21(9-5-18)25-15-28-26-24(25)13-22(14-27-26)20-10-6-19(7-11-20)16-29-12-2-3-23(30)17-29/h4-11,13-15,23,30H,2-3,12,16-17H2,1H3,(H,27,28). The molecule has 1 atom stereocenters. The first-order valence-electron chi connectivity index (χ1n) is 10.7. The lowest BCUT2D eigenvalue weighted by Crippen LogP contribution is -2.37. The number of aromatic nitrogens is 2. The smallest absolute Gasteiger partial charge is 0.137 e. The van der Waals surface area contributed by atoms with Crippen molar-refractivity contribution in [1.29, 1.82) is 0 Å². The third-order valence-corrected chi connectivity index (χ3v) is 6.07. The van der Waals surface area contributed by atoms with Gasteiger partial charge in [-0.05, 0) is 49.1 Å². The highest BCUT2D eigenvalue weighted by Gasteiger charge is 2.17. The summed E-state index contributed by atoms with van der Waals surface area (Å²) in [5, 5.41) is 11.0. The van der Waals surface area contributed by atoms with Crippen molar-refractivity contribution >= 4 is 11.0 Å². The second-order valence-electron chi connectivity index (χ2n) is 8.42. The Hall–Kier alpha value is -2.95. The highest BCUT2D eigenvalue weighted by Crippen LogP contribution is 2.31. The van der Waals surface area contributed by atoms with Crippen molar-refractivity contribution in [2.45, 2.75) is 32.4 Å². The minimum atomic E-state index is -0.181. The van der Waals surface area contributed by atoms with Crippen LogP contribution in [0.25, 0.3) is 33.3 Å². The summed E-state index contributed by atoms with van der Waals surface area (Å²) < 4.78 is 0. The van der Waals surface area contributed by atoms with Crippen LogP contribution in [0.4, 0.5) is 0 Å². The molecule has 3 heterocycles. The fraction of sp³-hybridized carbons (Fsp3) is 0.269. The first kappa shape index (κ1) is 19.0. The summed E-state index contributed by atoms with van der Waals surface area (Å²) in [4.78, 5) is 10.3. The fourth-order valence-electron chi connectivity index (χ4n) is 4.37. The van der Waals surface area contributed by atoms with Crippen LogP contribution in [-0.2, 0) is 6.54 Å². The van der Waals surface area contributed by atoms with Crippen LogP contribution in [0.3, 0.4) is 0 Å². The normalized spacial score (nSPS) is 17.5. The van der Waals surface area contributed by atoms with Crippen molar-refractivity contribution in [3.8, 4) is 22.3 Å². The molecule has 152 valence electrons. The molecule has 1 fully saturated rings. The van der Waals surface area contributed by atoms with Gasteiger partial charge in [0, 0.05) is 42.0 Å². The molecule has 4 aromatic rings. The Morgan fingerprint density at radius 1 is 1.03 bits per heavy atom. The number of aliphatic hydroxyl groups excluding tert-OH is 1. The second kappa shape index (κ2) is 8.05. The van der Waals surface area contributed by atoms with E-state index in [4.69, 9.17) is 0 Å². The van der Waals surface area contributed by atoms with Crippen LogP contribution in [0.5, 0.6) is 0 Å². The summed E-state index contributed by atoms with van der Waals surface area (Å²) in [5.74, 6) is 0. The third kappa shape index (κ3) is 3.89. The van der Waals surface area contributed by atoms with Crippen molar-refractivity contribution in [2.75, 3.05) is 13.1 Å². The molecule has 0 saturated carbocycles. The van der Waals surface area contributed by atoms with E-state index in [1.807, 2.05) is 12.4 Å². The number of benzene rings is 2. The zero-order valence-electron chi connectivity index (χ0n) is 17.3. The highest BCUT2D eigenvalue weighted by atomic mass is 16.3. The Bertz CT molecular complexity index is 1150. The SMILES string of the molecule is Cc1ccc(-c2c[nH]c3ncc(-c4ccc(CN5CCCC(O)C5)cc4)cc23)cc1. The molecule has 2 aromatic carbocycles. The van der Waals surface area contributed by atoms with Crippen LogP contribution in [-0.4, -0.2) is 39.2 Å². The van der Waals surface area contributed by atoms with Gasteiger partial charge in [-0.25, -0.2) is 4.98 Å². The maximum Gasteiger partial charge on any atom is 0.137 e. The summed E-state index contributed by atoms with van der Waals surface area (Å²) in [5.41, 5.74) is 8.12. The number of aliphatic hydroxyl groups is 1. The van der Waals surface area contributed by atoms with Crippen LogP contribution in [0.1, 0.15) is 24.0 Å². The molecule has 1 saturated heterocycles. The lowest BCUT2D eigenvalue weighted by atomic mass is 10.0. The number of aryl methyl sites for hydroxylation is 1. The van der Waals surface area contributed by atoms with Gasteiger partial charge in [-0.15, -0.1) is 0 Å². The summed E-state index contributed by atoms with van der Waals surface area (Å²) in [6, 6.07) is 19.6. The maximum absolute atomic E-state index is 9.89. The number of H-pyrrole nitrogens is 1. The molecular weight excluding hydrogens is 370 g/mol. The van der Waals surface area contributed by atoms with Gasteiger partial charge in [0.15, 0.2) is 0 Å². The van der Waals surface area contributed by atoms with Crippen LogP contribution >= 0.6 is 0 Å². The molecule has 1 aliphatic rings. The van der Waals surface area contributed by atoms with Crippen molar-refractivity contribution in [3.05, 3.63) is 78.1 Å². The average molecular weight is 398 g/mol. The predicted molar refractivity (Wildman–Crippen MR) is 122 cm³/mol. The molecule has 30 heavy (non-hydrogen) atoms. The summed E-state index contributed by atoms with van der Waals surface area (Å²) in [6.07, 6.45) is 5.80. The van der Waals surface area contributed by atoms with E-state index < -0.39 is 0 Å². The number of nitrogens with zero attached hydrogens (tertiary/aromatic N) is 2. The van der Waals surface area contributed by atoms with Gasteiger partial charge >= 0.3 is 0 Å². The second-order valence-corrected chi connectivity index (χ2v) is 8.42. The number of hydrogen-bond acceptors (Lipinski definition) is 3. The van der Waals surface area contributed by atoms with Crippen LogP contribution in [0, 0.1) is 6.92 Å². The maximum atomic E-state index is 9.89. The lowest BCUT2D eigenvalue weighted by Gasteiger charge is -2.29. The largest absolute Gasteiger partial charge is 0.392 e. The van der Waals surface area contributed by atoms with Gasteiger partial charge < -0.3 is 10.1 Å². The van der Waals surface area contributed by atoms with Gasteiger partial charge in [-0.1, -0.05) is 54.1 Å². The molecule has 1 unspecified atom stereocenters. The Morgan fingerprint density at radius 3 is 2.57 bits per heavy atom.